The highest BCUT2D eigenvalue weighted by Crippen LogP contribution is 2.43. The number of carbonyl (C=O) groups is 1. The van der Waals surface area contributed by atoms with Crippen LogP contribution < -0.4 is 20.3 Å². The van der Waals surface area contributed by atoms with Crippen LogP contribution in [0, 0.1) is 11.6 Å². The summed E-state index contributed by atoms with van der Waals surface area (Å²) < 4.78 is 45.1. The molecule has 1 heterocycles. The lowest BCUT2D eigenvalue weighted by molar-refractivity contribution is -0.130. The quantitative estimate of drug-likeness (QED) is 0.0479. The van der Waals surface area contributed by atoms with Crippen LogP contribution in [0.25, 0.3) is 10.4 Å². The van der Waals surface area contributed by atoms with Crippen molar-refractivity contribution in [1.29, 1.82) is 0 Å². The van der Waals surface area contributed by atoms with Gasteiger partial charge in [0.05, 0.1) is 20.3 Å². The Balaban J connectivity index is 1.57. The summed E-state index contributed by atoms with van der Waals surface area (Å²) in [6.07, 6.45) is -0.431. The Kier molecular flexibility index (Phi) is 11.2. The van der Waals surface area contributed by atoms with Crippen LogP contribution in [-0.2, 0) is 29.0 Å². The molecule has 0 fully saturated rings. The van der Waals surface area contributed by atoms with E-state index in [1.165, 1.54) is 13.2 Å². The lowest BCUT2D eigenvalue weighted by Gasteiger charge is -2.31. The standard InChI is InChI=1S/C35H34F2N6O5/c1-46-29-9-4-8-25(19-29)32-35(20-26-6-2-3-7-27(26)22-40-43-38,34(45)42-39-21-23-10-15-30(36)31(37)18-23)41-33(48-32)24-11-13-28(14-12-24)47-17-5-16-44/h2-4,6-15,18-19,32,39,44H,5,16-17,20-22H2,1H3,(H,42,45)/t32-,35-/m0/s1. The zero-order chi connectivity index (χ0) is 33.9. The van der Waals surface area contributed by atoms with Crippen LogP contribution in [-0.4, -0.2) is 42.8 Å². The van der Waals surface area contributed by atoms with E-state index in [0.717, 1.165) is 12.1 Å². The zero-order valence-electron chi connectivity index (χ0n) is 26.1. The molecule has 0 aliphatic carbocycles. The molecule has 0 radical (unpaired) electrons. The van der Waals surface area contributed by atoms with E-state index in [4.69, 9.17) is 29.8 Å². The van der Waals surface area contributed by atoms with Gasteiger partial charge in [-0.1, -0.05) is 47.6 Å². The number of aliphatic hydroxyl groups is 1. The molecule has 48 heavy (non-hydrogen) atoms. The van der Waals surface area contributed by atoms with Crippen molar-refractivity contribution >= 4 is 11.8 Å². The number of hydrogen-bond donors (Lipinski definition) is 3. The second-order valence-electron chi connectivity index (χ2n) is 11.0. The maximum Gasteiger partial charge on any atom is 0.266 e. The summed E-state index contributed by atoms with van der Waals surface area (Å²) in [7, 11) is 1.54. The van der Waals surface area contributed by atoms with Gasteiger partial charge in [0.1, 0.15) is 11.5 Å². The number of ether oxygens (including phenoxy) is 3. The third-order valence-corrected chi connectivity index (χ3v) is 7.79. The predicted octanol–water partition coefficient (Wildman–Crippen LogP) is 5.87. The number of benzene rings is 4. The first-order valence-electron chi connectivity index (χ1n) is 15.2. The molecule has 4 aromatic carbocycles. The zero-order valence-corrected chi connectivity index (χ0v) is 26.1. The molecule has 3 N–H and O–H groups in total. The Bertz CT molecular complexity index is 1820. The van der Waals surface area contributed by atoms with E-state index >= 15 is 0 Å². The molecule has 1 aliphatic heterocycles. The van der Waals surface area contributed by atoms with Crippen molar-refractivity contribution in [3.05, 3.63) is 141 Å². The number of carbonyl (C=O) groups excluding carboxylic acids is 1. The minimum absolute atomic E-state index is 0.00844. The second-order valence-corrected chi connectivity index (χ2v) is 11.0. The van der Waals surface area contributed by atoms with Gasteiger partial charge in [-0.15, -0.1) is 0 Å². The highest BCUT2D eigenvalue weighted by Gasteiger charge is 2.53. The van der Waals surface area contributed by atoms with Gasteiger partial charge in [0.25, 0.3) is 5.91 Å². The fourth-order valence-corrected chi connectivity index (χ4v) is 5.35. The Labute approximate surface area is 275 Å². The van der Waals surface area contributed by atoms with Crippen LogP contribution in [0.3, 0.4) is 0 Å². The van der Waals surface area contributed by atoms with Crippen molar-refractivity contribution in [2.75, 3.05) is 20.3 Å². The van der Waals surface area contributed by atoms with Gasteiger partial charge in [0.2, 0.25) is 5.90 Å². The topological polar surface area (TPSA) is 150 Å². The lowest BCUT2D eigenvalue weighted by atomic mass is 9.81. The number of nitrogens with zero attached hydrogens (tertiary/aromatic N) is 4. The summed E-state index contributed by atoms with van der Waals surface area (Å²) in [5.74, 6) is -1.20. The highest BCUT2D eigenvalue weighted by atomic mass is 19.2. The third kappa shape index (κ3) is 7.89. The largest absolute Gasteiger partial charge is 0.497 e. The SMILES string of the molecule is COc1cccc([C@@H]2OC(c3ccc(OCCCO)cc3)=N[C@]2(Cc2ccccc2CN=[N+]=[N-])C(=O)NNCc2ccc(F)c(F)c2)c1. The first-order valence-corrected chi connectivity index (χ1v) is 15.2. The third-order valence-electron chi connectivity index (χ3n) is 7.79. The van der Waals surface area contributed by atoms with E-state index in [2.05, 4.69) is 20.9 Å². The number of aliphatic imine (C=N–C) groups is 1. The number of hydrazine groups is 1. The van der Waals surface area contributed by atoms with Crippen molar-refractivity contribution in [2.45, 2.75) is 37.6 Å². The van der Waals surface area contributed by atoms with Crippen LogP contribution in [0.15, 0.2) is 101 Å². The molecule has 0 saturated carbocycles. The van der Waals surface area contributed by atoms with E-state index < -0.39 is 29.2 Å². The van der Waals surface area contributed by atoms with Crippen LogP contribution in [0.1, 0.15) is 40.3 Å². The normalized spacial score (nSPS) is 16.8. The summed E-state index contributed by atoms with van der Waals surface area (Å²) in [4.78, 5) is 22.4. The van der Waals surface area contributed by atoms with Crippen molar-refractivity contribution in [1.82, 2.24) is 10.9 Å². The molecule has 248 valence electrons. The molecule has 0 spiro atoms. The van der Waals surface area contributed by atoms with Crippen molar-refractivity contribution in [2.24, 2.45) is 10.1 Å². The van der Waals surface area contributed by atoms with Gasteiger partial charge in [-0.25, -0.2) is 19.2 Å². The fourth-order valence-electron chi connectivity index (χ4n) is 5.35. The Morgan fingerprint density at radius 3 is 2.54 bits per heavy atom. The lowest BCUT2D eigenvalue weighted by Crippen LogP contribution is -2.53. The summed E-state index contributed by atoms with van der Waals surface area (Å²) in [5.41, 5.74) is 16.0. The average Bonchev–Trinajstić information content (AvgIpc) is 3.50. The monoisotopic (exact) mass is 656 g/mol. The van der Waals surface area contributed by atoms with Crippen LogP contribution in [0.4, 0.5) is 8.78 Å². The molecule has 13 heteroatoms. The number of rotatable bonds is 15. The van der Waals surface area contributed by atoms with E-state index in [-0.39, 0.29) is 32.0 Å². The second kappa shape index (κ2) is 15.9. The van der Waals surface area contributed by atoms with Crippen molar-refractivity contribution in [3.8, 4) is 11.5 Å². The Hall–Kier alpha value is -5.49. The molecule has 1 aliphatic rings. The number of nitrogens with one attached hydrogen (secondary N) is 2. The van der Waals surface area contributed by atoms with Crippen LogP contribution >= 0.6 is 0 Å². The molecule has 5 rings (SSSR count). The molecule has 0 unspecified atom stereocenters. The molecule has 0 bridgehead atoms. The van der Waals surface area contributed by atoms with Gasteiger partial charge in [-0.2, -0.15) is 0 Å². The van der Waals surface area contributed by atoms with E-state index in [1.807, 2.05) is 30.3 Å². The number of methoxy groups -OCH3 is 1. The van der Waals surface area contributed by atoms with E-state index in [1.54, 1.807) is 42.5 Å². The van der Waals surface area contributed by atoms with E-state index in [0.29, 0.717) is 52.3 Å². The number of amides is 1. The molecule has 4 aromatic rings. The minimum atomic E-state index is -1.62. The van der Waals surface area contributed by atoms with Crippen molar-refractivity contribution in [3.63, 3.8) is 0 Å². The minimum Gasteiger partial charge on any atom is -0.497 e. The predicted molar refractivity (Wildman–Crippen MR) is 174 cm³/mol. The van der Waals surface area contributed by atoms with Gasteiger partial charge in [0, 0.05) is 36.5 Å². The molecule has 0 aromatic heterocycles. The summed E-state index contributed by atoms with van der Waals surface area (Å²) in [6, 6.07) is 24.9. The fraction of sp³-hybridized carbons (Fsp3) is 0.257. The van der Waals surface area contributed by atoms with Crippen LogP contribution in [0.5, 0.6) is 11.5 Å². The first-order chi connectivity index (χ1) is 23.4. The van der Waals surface area contributed by atoms with Gasteiger partial charge in [-0.3, -0.25) is 10.2 Å². The summed E-state index contributed by atoms with van der Waals surface area (Å²) in [5, 5.41) is 12.8. The Morgan fingerprint density at radius 1 is 1.02 bits per heavy atom. The smallest absolute Gasteiger partial charge is 0.266 e. The molecule has 11 nitrogen and oxygen atoms in total. The number of halogens is 2. The number of aliphatic hydroxyl groups excluding tert-OH is 1. The number of hydrogen-bond acceptors (Lipinski definition) is 8. The van der Waals surface area contributed by atoms with Gasteiger partial charge < -0.3 is 19.3 Å². The van der Waals surface area contributed by atoms with Gasteiger partial charge in [0.15, 0.2) is 23.3 Å². The van der Waals surface area contributed by atoms with Crippen LogP contribution in [0.2, 0.25) is 0 Å². The first kappa shape index (κ1) is 33.9. The molecule has 0 saturated heterocycles. The van der Waals surface area contributed by atoms with E-state index in [9.17, 15) is 13.6 Å². The van der Waals surface area contributed by atoms with Gasteiger partial charge in [-0.05, 0) is 76.3 Å². The molecular formula is C35H34F2N6O5. The maximum atomic E-state index is 14.5. The number of azide groups is 1. The summed E-state index contributed by atoms with van der Waals surface area (Å²) in [6.45, 7) is 0.407. The molecule has 1 amide bonds. The Morgan fingerprint density at radius 2 is 1.81 bits per heavy atom. The highest BCUT2D eigenvalue weighted by molar-refractivity contribution is 6.01. The average molecular weight is 657 g/mol. The van der Waals surface area contributed by atoms with Gasteiger partial charge >= 0.3 is 0 Å². The molecular weight excluding hydrogens is 622 g/mol. The molecule has 2 atom stereocenters. The van der Waals surface area contributed by atoms with Crippen molar-refractivity contribution < 1.29 is 32.9 Å². The maximum absolute atomic E-state index is 14.5. The summed E-state index contributed by atoms with van der Waals surface area (Å²) >= 11 is 0.